The van der Waals surface area contributed by atoms with Crippen LogP contribution in [-0.4, -0.2) is 55.3 Å². The lowest BCUT2D eigenvalue weighted by Crippen LogP contribution is -2.40. The summed E-state index contributed by atoms with van der Waals surface area (Å²) in [6.45, 7) is 3.41. The molecule has 0 aliphatic carbocycles. The number of para-hydroxylation sites is 1. The largest absolute Gasteiger partial charge is 0.384 e. The second-order valence-electron chi connectivity index (χ2n) is 5.48. The second kappa shape index (κ2) is 6.61. The summed E-state index contributed by atoms with van der Waals surface area (Å²) >= 11 is 0. The highest BCUT2D eigenvalue weighted by Gasteiger charge is 2.23. The Morgan fingerprint density at radius 3 is 2.71 bits per heavy atom. The van der Waals surface area contributed by atoms with E-state index < -0.39 is 0 Å². The lowest BCUT2D eigenvalue weighted by molar-refractivity contribution is -0.129. The number of likely N-dealkylation sites (N-methyl/N-ethyl adjacent to an activating group) is 2. The number of hydrogen-bond acceptors (Lipinski definition) is 3. The maximum absolute atomic E-state index is 12.7. The first-order chi connectivity index (χ1) is 10.0. The molecule has 0 aromatic heterocycles. The molecule has 0 atom stereocenters. The van der Waals surface area contributed by atoms with E-state index in [1.165, 1.54) is 10.5 Å². The van der Waals surface area contributed by atoms with Gasteiger partial charge in [-0.3, -0.25) is 9.59 Å². The van der Waals surface area contributed by atoms with E-state index in [4.69, 9.17) is 0 Å². The van der Waals surface area contributed by atoms with Crippen LogP contribution < -0.4 is 5.32 Å². The number of rotatable bonds is 4. The van der Waals surface area contributed by atoms with Gasteiger partial charge in [0.05, 0.1) is 17.8 Å². The molecule has 5 heteroatoms. The molecule has 0 bridgehead atoms. The molecule has 21 heavy (non-hydrogen) atoms. The van der Waals surface area contributed by atoms with E-state index in [1.54, 1.807) is 19.0 Å². The number of hydrogen-bond donors (Lipinski definition) is 1. The minimum absolute atomic E-state index is 0.0667. The highest BCUT2D eigenvalue weighted by molar-refractivity contribution is 6.01. The molecule has 1 N–H and O–H groups in total. The number of nitrogens with one attached hydrogen (secondary N) is 1. The van der Waals surface area contributed by atoms with Crippen molar-refractivity contribution >= 4 is 17.5 Å². The van der Waals surface area contributed by atoms with Crippen molar-refractivity contribution in [2.45, 2.75) is 19.8 Å². The van der Waals surface area contributed by atoms with E-state index in [1.807, 2.05) is 19.1 Å². The van der Waals surface area contributed by atoms with Crippen LogP contribution in [0.5, 0.6) is 0 Å². The number of fused-ring (bicyclic) bond motifs is 1. The molecule has 114 valence electrons. The molecular formula is C16H23N3O2. The average Bonchev–Trinajstić information content (AvgIpc) is 2.51. The third-order valence-electron chi connectivity index (χ3n) is 3.80. The van der Waals surface area contributed by atoms with Gasteiger partial charge in [-0.15, -0.1) is 0 Å². The summed E-state index contributed by atoms with van der Waals surface area (Å²) in [7, 11) is 3.40. The van der Waals surface area contributed by atoms with Crippen LogP contribution in [0.4, 0.5) is 5.69 Å². The zero-order chi connectivity index (χ0) is 15.4. The average molecular weight is 289 g/mol. The summed E-state index contributed by atoms with van der Waals surface area (Å²) in [5.41, 5.74) is 2.78. The molecule has 1 aliphatic rings. The zero-order valence-electron chi connectivity index (χ0n) is 13.0. The van der Waals surface area contributed by atoms with Crippen molar-refractivity contribution in [3.63, 3.8) is 0 Å². The van der Waals surface area contributed by atoms with Gasteiger partial charge in [0.1, 0.15) is 0 Å². The molecule has 0 saturated heterocycles. The number of aryl methyl sites for hydroxylation is 1. The molecule has 1 heterocycles. The van der Waals surface area contributed by atoms with Crippen LogP contribution >= 0.6 is 0 Å². The quantitative estimate of drug-likeness (QED) is 0.916. The summed E-state index contributed by atoms with van der Waals surface area (Å²) in [4.78, 5) is 27.7. The van der Waals surface area contributed by atoms with Gasteiger partial charge in [-0.05, 0) is 31.4 Å². The zero-order valence-corrected chi connectivity index (χ0v) is 13.0. The Kier molecular flexibility index (Phi) is 4.83. The van der Waals surface area contributed by atoms with Gasteiger partial charge in [0, 0.05) is 27.2 Å². The summed E-state index contributed by atoms with van der Waals surface area (Å²) in [5.74, 6) is -0.151. The van der Waals surface area contributed by atoms with Gasteiger partial charge >= 0.3 is 0 Å². The Labute approximate surface area is 125 Å². The van der Waals surface area contributed by atoms with Gasteiger partial charge in [0.25, 0.3) is 5.91 Å². The topological polar surface area (TPSA) is 52.7 Å². The van der Waals surface area contributed by atoms with Gasteiger partial charge in [-0.2, -0.15) is 0 Å². The van der Waals surface area contributed by atoms with Crippen molar-refractivity contribution in [2.75, 3.05) is 39.0 Å². The van der Waals surface area contributed by atoms with Gasteiger partial charge in [0.15, 0.2) is 0 Å². The first-order valence-electron chi connectivity index (χ1n) is 7.39. The monoisotopic (exact) mass is 289 g/mol. The van der Waals surface area contributed by atoms with Gasteiger partial charge in [-0.25, -0.2) is 0 Å². The van der Waals surface area contributed by atoms with Crippen LogP contribution in [0.15, 0.2) is 18.2 Å². The lowest BCUT2D eigenvalue weighted by atomic mass is 9.99. The number of nitrogens with zero attached hydrogens (tertiary/aromatic N) is 2. The van der Waals surface area contributed by atoms with Crippen molar-refractivity contribution in [2.24, 2.45) is 0 Å². The fourth-order valence-corrected chi connectivity index (χ4v) is 2.49. The predicted octanol–water partition coefficient (Wildman–Crippen LogP) is 1.59. The SMILES string of the molecule is CCN(CC(=O)N(C)C)C(=O)c1cccc2c1NCCC2. The van der Waals surface area contributed by atoms with Crippen molar-refractivity contribution in [3.05, 3.63) is 29.3 Å². The van der Waals surface area contributed by atoms with Crippen LogP contribution in [0.3, 0.4) is 0 Å². The van der Waals surface area contributed by atoms with E-state index in [2.05, 4.69) is 11.4 Å². The second-order valence-corrected chi connectivity index (χ2v) is 5.48. The van der Waals surface area contributed by atoms with Gasteiger partial charge < -0.3 is 15.1 Å². The predicted molar refractivity (Wildman–Crippen MR) is 83.5 cm³/mol. The molecule has 0 unspecified atom stereocenters. The van der Waals surface area contributed by atoms with E-state index in [9.17, 15) is 9.59 Å². The number of carbonyl (C=O) groups is 2. The van der Waals surface area contributed by atoms with Crippen molar-refractivity contribution in [1.29, 1.82) is 0 Å². The Hall–Kier alpha value is -2.04. The summed E-state index contributed by atoms with van der Waals surface area (Å²) in [5, 5.41) is 3.32. The molecular weight excluding hydrogens is 266 g/mol. The first-order valence-corrected chi connectivity index (χ1v) is 7.39. The molecule has 2 rings (SSSR count). The molecule has 1 aromatic carbocycles. The van der Waals surface area contributed by atoms with Gasteiger partial charge in [0.2, 0.25) is 5.91 Å². The Morgan fingerprint density at radius 2 is 2.05 bits per heavy atom. The van der Waals surface area contributed by atoms with Crippen LogP contribution in [0.2, 0.25) is 0 Å². The van der Waals surface area contributed by atoms with E-state index in [0.717, 1.165) is 25.1 Å². The molecule has 0 fully saturated rings. The molecule has 0 saturated carbocycles. The molecule has 0 spiro atoms. The normalized spacial score (nSPS) is 13.1. The Morgan fingerprint density at radius 1 is 1.29 bits per heavy atom. The molecule has 1 aliphatic heterocycles. The van der Waals surface area contributed by atoms with E-state index in [0.29, 0.717) is 12.1 Å². The van der Waals surface area contributed by atoms with Crippen molar-refractivity contribution in [1.82, 2.24) is 9.80 Å². The van der Waals surface area contributed by atoms with E-state index in [-0.39, 0.29) is 18.4 Å². The van der Waals surface area contributed by atoms with E-state index >= 15 is 0 Å². The number of amides is 2. The van der Waals surface area contributed by atoms with Crippen molar-refractivity contribution < 1.29 is 9.59 Å². The Balaban J connectivity index is 2.24. The standard InChI is InChI=1S/C16H23N3O2/c1-4-19(11-14(20)18(2)3)16(21)13-9-5-7-12-8-6-10-17-15(12)13/h5,7,9,17H,4,6,8,10-11H2,1-3H3. The lowest BCUT2D eigenvalue weighted by Gasteiger charge is -2.26. The number of benzene rings is 1. The highest BCUT2D eigenvalue weighted by atomic mass is 16.2. The maximum Gasteiger partial charge on any atom is 0.256 e. The maximum atomic E-state index is 12.7. The fourth-order valence-electron chi connectivity index (χ4n) is 2.49. The van der Waals surface area contributed by atoms with Crippen LogP contribution in [0, 0.1) is 0 Å². The molecule has 2 amide bonds. The number of carbonyl (C=O) groups excluding carboxylic acids is 2. The summed E-state index contributed by atoms with van der Waals surface area (Å²) < 4.78 is 0. The first kappa shape index (κ1) is 15.4. The minimum atomic E-state index is -0.0843. The minimum Gasteiger partial charge on any atom is -0.384 e. The third-order valence-corrected chi connectivity index (χ3v) is 3.80. The van der Waals surface area contributed by atoms with Gasteiger partial charge in [-0.1, -0.05) is 12.1 Å². The molecule has 0 radical (unpaired) electrons. The number of anilines is 1. The third kappa shape index (κ3) is 3.35. The Bertz CT molecular complexity index is 540. The molecule has 5 nitrogen and oxygen atoms in total. The summed E-state index contributed by atoms with van der Waals surface area (Å²) in [6.07, 6.45) is 2.08. The molecule has 1 aromatic rings. The van der Waals surface area contributed by atoms with Crippen LogP contribution in [0.1, 0.15) is 29.3 Å². The van der Waals surface area contributed by atoms with Crippen LogP contribution in [0.25, 0.3) is 0 Å². The summed E-state index contributed by atoms with van der Waals surface area (Å²) in [6, 6.07) is 5.81. The van der Waals surface area contributed by atoms with Crippen LogP contribution in [-0.2, 0) is 11.2 Å². The fraction of sp³-hybridized carbons (Fsp3) is 0.500. The van der Waals surface area contributed by atoms with Crippen molar-refractivity contribution in [3.8, 4) is 0 Å². The highest BCUT2D eigenvalue weighted by Crippen LogP contribution is 2.27. The smallest absolute Gasteiger partial charge is 0.256 e.